The van der Waals surface area contributed by atoms with Crippen LogP contribution in [0.4, 0.5) is 11.4 Å². The molecule has 0 N–H and O–H groups in total. The summed E-state index contributed by atoms with van der Waals surface area (Å²) in [5.74, 6) is 0.300. The smallest absolute Gasteiger partial charge is 0.129 e. The molecular formula is C15H22N2O. The summed E-state index contributed by atoms with van der Waals surface area (Å²) < 4.78 is 0. The number of carbonyl (C=O) groups is 1. The number of para-hydroxylation sites is 2. The van der Waals surface area contributed by atoms with E-state index in [1.807, 2.05) is 0 Å². The predicted molar refractivity (Wildman–Crippen MR) is 76.5 cm³/mol. The molecule has 1 aliphatic heterocycles. The van der Waals surface area contributed by atoms with Gasteiger partial charge in [-0.25, -0.2) is 0 Å². The van der Waals surface area contributed by atoms with Crippen molar-refractivity contribution in [2.24, 2.45) is 0 Å². The highest BCUT2D eigenvalue weighted by molar-refractivity contribution is 5.75. The summed E-state index contributed by atoms with van der Waals surface area (Å²) in [4.78, 5) is 15.7. The van der Waals surface area contributed by atoms with Gasteiger partial charge in [0.1, 0.15) is 5.78 Å². The molecule has 0 radical (unpaired) electrons. The Balaban J connectivity index is 1.94. The van der Waals surface area contributed by atoms with Crippen LogP contribution in [0.2, 0.25) is 0 Å². The van der Waals surface area contributed by atoms with Crippen molar-refractivity contribution in [1.29, 1.82) is 0 Å². The van der Waals surface area contributed by atoms with Gasteiger partial charge in [0.05, 0.1) is 11.4 Å². The second-order valence-electron chi connectivity index (χ2n) is 5.06. The van der Waals surface area contributed by atoms with Gasteiger partial charge >= 0.3 is 0 Å². The Bertz CT molecular complexity index is 417. The van der Waals surface area contributed by atoms with Gasteiger partial charge in [0.2, 0.25) is 0 Å². The normalized spacial score (nSPS) is 14.6. The van der Waals surface area contributed by atoms with E-state index in [0.29, 0.717) is 5.78 Å². The van der Waals surface area contributed by atoms with E-state index in [-0.39, 0.29) is 0 Å². The van der Waals surface area contributed by atoms with Gasteiger partial charge in [-0.1, -0.05) is 12.1 Å². The minimum atomic E-state index is 0.300. The van der Waals surface area contributed by atoms with Crippen LogP contribution in [0.3, 0.4) is 0 Å². The molecule has 0 unspecified atom stereocenters. The molecule has 0 aliphatic carbocycles. The summed E-state index contributed by atoms with van der Waals surface area (Å²) in [7, 11) is 2.14. The monoisotopic (exact) mass is 246 g/mol. The predicted octanol–water partition coefficient (Wildman–Crippen LogP) is 2.70. The van der Waals surface area contributed by atoms with Crippen molar-refractivity contribution in [3.05, 3.63) is 24.3 Å². The standard InChI is InChI=1S/C15H22N2O/c1-13(18)7-5-6-10-17-12-11-16(2)14-8-3-4-9-15(14)17/h3-4,8-9H,5-7,10-12H2,1-2H3. The Morgan fingerprint density at radius 1 is 1.17 bits per heavy atom. The molecule has 18 heavy (non-hydrogen) atoms. The summed E-state index contributed by atoms with van der Waals surface area (Å²) in [5.41, 5.74) is 2.64. The number of rotatable bonds is 5. The van der Waals surface area contributed by atoms with Gasteiger partial charge in [-0.2, -0.15) is 0 Å². The van der Waals surface area contributed by atoms with Crippen molar-refractivity contribution in [3.8, 4) is 0 Å². The first-order valence-electron chi connectivity index (χ1n) is 6.73. The number of ketones is 1. The van der Waals surface area contributed by atoms with Gasteiger partial charge < -0.3 is 14.6 Å². The third-order valence-corrected chi connectivity index (χ3v) is 3.55. The van der Waals surface area contributed by atoms with Crippen LogP contribution in [0.1, 0.15) is 26.2 Å². The third-order valence-electron chi connectivity index (χ3n) is 3.55. The van der Waals surface area contributed by atoms with E-state index in [9.17, 15) is 4.79 Å². The van der Waals surface area contributed by atoms with Gasteiger partial charge in [-0.05, 0) is 31.9 Å². The van der Waals surface area contributed by atoms with Crippen molar-refractivity contribution in [2.75, 3.05) is 36.5 Å². The van der Waals surface area contributed by atoms with Crippen molar-refractivity contribution in [1.82, 2.24) is 0 Å². The van der Waals surface area contributed by atoms with Crippen LogP contribution >= 0.6 is 0 Å². The number of fused-ring (bicyclic) bond motifs is 1. The van der Waals surface area contributed by atoms with Gasteiger partial charge in [0, 0.05) is 33.1 Å². The molecule has 0 amide bonds. The number of carbonyl (C=O) groups excluding carboxylic acids is 1. The molecule has 0 aromatic heterocycles. The molecule has 2 rings (SSSR count). The number of hydrogen-bond donors (Lipinski definition) is 0. The summed E-state index contributed by atoms with van der Waals surface area (Å²) in [6.07, 6.45) is 2.82. The number of unbranched alkanes of at least 4 members (excludes halogenated alkanes) is 1. The maximum absolute atomic E-state index is 10.9. The fraction of sp³-hybridized carbons (Fsp3) is 0.533. The van der Waals surface area contributed by atoms with Gasteiger partial charge in [0.25, 0.3) is 0 Å². The molecule has 3 nitrogen and oxygen atoms in total. The van der Waals surface area contributed by atoms with Crippen molar-refractivity contribution in [3.63, 3.8) is 0 Å². The zero-order valence-corrected chi connectivity index (χ0v) is 11.4. The van der Waals surface area contributed by atoms with Crippen LogP contribution in [-0.2, 0) is 4.79 Å². The van der Waals surface area contributed by atoms with Crippen LogP contribution in [0, 0.1) is 0 Å². The molecule has 0 saturated carbocycles. The number of nitrogens with zero attached hydrogens (tertiary/aromatic N) is 2. The third kappa shape index (κ3) is 3.03. The van der Waals surface area contributed by atoms with E-state index < -0.39 is 0 Å². The molecular weight excluding hydrogens is 224 g/mol. The first-order valence-corrected chi connectivity index (χ1v) is 6.73. The minimum Gasteiger partial charge on any atom is -0.371 e. The highest BCUT2D eigenvalue weighted by Gasteiger charge is 2.18. The van der Waals surface area contributed by atoms with E-state index in [1.54, 1.807) is 6.92 Å². The van der Waals surface area contributed by atoms with E-state index in [1.165, 1.54) is 11.4 Å². The van der Waals surface area contributed by atoms with Crippen LogP contribution in [0.15, 0.2) is 24.3 Å². The average molecular weight is 246 g/mol. The van der Waals surface area contributed by atoms with E-state index in [0.717, 1.165) is 38.9 Å². The minimum absolute atomic E-state index is 0.300. The highest BCUT2D eigenvalue weighted by Crippen LogP contribution is 2.31. The zero-order valence-electron chi connectivity index (χ0n) is 11.4. The lowest BCUT2D eigenvalue weighted by atomic mass is 10.1. The lowest BCUT2D eigenvalue weighted by molar-refractivity contribution is -0.117. The fourth-order valence-corrected chi connectivity index (χ4v) is 2.47. The van der Waals surface area contributed by atoms with Gasteiger partial charge in [-0.3, -0.25) is 0 Å². The lowest BCUT2D eigenvalue weighted by Gasteiger charge is -2.37. The summed E-state index contributed by atoms with van der Waals surface area (Å²) in [5, 5.41) is 0. The summed E-state index contributed by atoms with van der Waals surface area (Å²) in [6.45, 7) is 4.88. The Morgan fingerprint density at radius 2 is 1.89 bits per heavy atom. The topological polar surface area (TPSA) is 23.6 Å². The Labute approximate surface area is 109 Å². The quantitative estimate of drug-likeness (QED) is 0.746. The zero-order chi connectivity index (χ0) is 13.0. The summed E-state index contributed by atoms with van der Waals surface area (Å²) >= 11 is 0. The Morgan fingerprint density at radius 3 is 2.61 bits per heavy atom. The SMILES string of the molecule is CC(=O)CCCCN1CCN(C)c2ccccc21. The molecule has 0 saturated heterocycles. The Hall–Kier alpha value is -1.51. The van der Waals surface area contributed by atoms with E-state index in [4.69, 9.17) is 0 Å². The van der Waals surface area contributed by atoms with Crippen molar-refractivity contribution >= 4 is 17.2 Å². The number of Topliss-reactive ketones (excluding diaryl/α,β-unsaturated/α-hetero) is 1. The lowest BCUT2D eigenvalue weighted by Crippen LogP contribution is -2.39. The first-order chi connectivity index (χ1) is 8.68. The van der Waals surface area contributed by atoms with Crippen LogP contribution in [0.5, 0.6) is 0 Å². The molecule has 1 aromatic carbocycles. The molecule has 0 spiro atoms. The largest absolute Gasteiger partial charge is 0.371 e. The van der Waals surface area contributed by atoms with Crippen LogP contribution in [-0.4, -0.2) is 32.5 Å². The van der Waals surface area contributed by atoms with Gasteiger partial charge in [-0.15, -0.1) is 0 Å². The number of benzene rings is 1. The molecule has 0 atom stereocenters. The highest BCUT2D eigenvalue weighted by atomic mass is 16.1. The number of anilines is 2. The van der Waals surface area contributed by atoms with Gasteiger partial charge in [0.15, 0.2) is 0 Å². The van der Waals surface area contributed by atoms with Crippen molar-refractivity contribution in [2.45, 2.75) is 26.2 Å². The van der Waals surface area contributed by atoms with Crippen LogP contribution < -0.4 is 9.80 Å². The fourth-order valence-electron chi connectivity index (χ4n) is 2.47. The number of hydrogen-bond acceptors (Lipinski definition) is 3. The first kappa shape index (κ1) is 12.9. The maximum atomic E-state index is 10.9. The van der Waals surface area contributed by atoms with E-state index in [2.05, 4.69) is 41.1 Å². The molecule has 3 heteroatoms. The molecule has 1 aromatic rings. The second kappa shape index (κ2) is 5.89. The molecule has 1 heterocycles. The Kier molecular flexibility index (Phi) is 4.24. The molecule has 0 bridgehead atoms. The van der Waals surface area contributed by atoms with E-state index >= 15 is 0 Å². The average Bonchev–Trinajstić information content (AvgIpc) is 2.37. The molecule has 1 aliphatic rings. The van der Waals surface area contributed by atoms with Crippen molar-refractivity contribution < 1.29 is 4.79 Å². The molecule has 0 fully saturated rings. The second-order valence-corrected chi connectivity index (χ2v) is 5.06. The van der Waals surface area contributed by atoms with Crippen LogP contribution in [0.25, 0.3) is 0 Å². The molecule has 98 valence electrons. The summed E-state index contributed by atoms with van der Waals surface area (Å²) in [6, 6.07) is 8.56. The maximum Gasteiger partial charge on any atom is 0.129 e. The number of likely N-dealkylation sites (N-methyl/N-ethyl adjacent to an activating group) is 1.